The largest absolute Gasteiger partial charge is 0.496 e. The van der Waals surface area contributed by atoms with Crippen LogP contribution >= 0.6 is 34.7 Å². The van der Waals surface area contributed by atoms with Crippen molar-refractivity contribution >= 4 is 56.8 Å². The number of ether oxygens (including phenoxy) is 1. The molecule has 0 spiro atoms. The Labute approximate surface area is 287 Å². The molecule has 4 aromatic rings. The van der Waals surface area contributed by atoms with Gasteiger partial charge in [-0.25, -0.2) is 13.6 Å². The van der Waals surface area contributed by atoms with Crippen LogP contribution in [-0.4, -0.2) is 58.4 Å². The molecule has 1 aromatic heterocycles. The lowest BCUT2D eigenvalue weighted by molar-refractivity contribution is 0.0535. The molecule has 1 aliphatic rings. The van der Waals surface area contributed by atoms with Crippen molar-refractivity contribution in [2.75, 3.05) is 19.9 Å². The summed E-state index contributed by atoms with van der Waals surface area (Å²) in [4.78, 5) is 30.9. The van der Waals surface area contributed by atoms with Crippen LogP contribution in [0.5, 0.6) is 5.75 Å². The number of carboxylic acid groups (broad SMARTS) is 1. The van der Waals surface area contributed by atoms with E-state index in [4.69, 9.17) is 16.3 Å². The first-order chi connectivity index (χ1) is 22.3. The lowest BCUT2D eigenvalue weighted by Crippen LogP contribution is -2.48. The van der Waals surface area contributed by atoms with Crippen LogP contribution in [-0.2, 0) is 6.54 Å². The van der Waals surface area contributed by atoms with Gasteiger partial charge in [0.05, 0.1) is 22.2 Å². The fourth-order valence-corrected chi connectivity index (χ4v) is 8.30. The Bertz CT molecular complexity index is 1780. The third-order valence-corrected chi connectivity index (χ3v) is 11.3. The maximum Gasteiger partial charge on any atom is 0.407 e. The minimum absolute atomic E-state index is 0.00574. The number of methoxy groups -OCH3 is 1. The number of hydrogen-bond acceptors (Lipinski definition) is 5. The van der Waals surface area contributed by atoms with Gasteiger partial charge in [0.2, 0.25) is 0 Å². The quantitative estimate of drug-likeness (QED) is 0.176. The summed E-state index contributed by atoms with van der Waals surface area (Å²) in [5, 5.41) is 9.66. The number of thiophene rings is 1. The number of thioether (sulfide) groups is 1. The number of nitrogens with zero attached hydrogens (tertiary/aromatic N) is 2. The first kappa shape index (κ1) is 35.0. The van der Waals surface area contributed by atoms with Crippen LogP contribution in [0.3, 0.4) is 0 Å². The fourth-order valence-electron chi connectivity index (χ4n) is 6.34. The van der Waals surface area contributed by atoms with E-state index >= 15 is 0 Å². The number of amides is 2. The lowest BCUT2D eigenvalue weighted by Gasteiger charge is -2.40. The van der Waals surface area contributed by atoms with Gasteiger partial charge in [0.1, 0.15) is 22.3 Å². The van der Waals surface area contributed by atoms with E-state index < -0.39 is 29.2 Å². The minimum Gasteiger partial charge on any atom is -0.496 e. The van der Waals surface area contributed by atoms with Gasteiger partial charge < -0.3 is 19.6 Å². The molecule has 0 aliphatic heterocycles. The number of halogens is 3. The molecule has 0 atom stereocenters. The van der Waals surface area contributed by atoms with E-state index in [1.54, 1.807) is 23.8 Å². The van der Waals surface area contributed by atoms with Crippen LogP contribution in [0, 0.1) is 17.6 Å². The minimum atomic E-state index is -0.953. The Morgan fingerprint density at radius 2 is 1.70 bits per heavy atom. The second-order valence-corrected chi connectivity index (χ2v) is 15.2. The Kier molecular flexibility index (Phi) is 10.7. The van der Waals surface area contributed by atoms with Crippen LogP contribution in [0.2, 0.25) is 5.02 Å². The molecule has 3 aromatic carbocycles. The number of rotatable bonds is 9. The summed E-state index contributed by atoms with van der Waals surface area (Å²) < 4.78 is 35.3. The molecule has 5 rings (SSSR count). The van der Waals surface area contributed by atoms with Crippen molar-refractivity contribution in [3.63, 3.8) is 0 Å². The summed E-state index contributed by atoms with van der Waals surface area (Å²) in [7, 11) is 1.59. The van der Waals surface area contributed by atoms with Crippen molar-refractivity contribution in [1.82, 2.24) is 9.80 Å². The van der Waals surface area contributed by atoms with Gasteiger partial charge in [-0.15, -0.1) is 23.1 Å². The van der Waals surface area contributed by atoms with E-state index in [-0.39, 0.29) is 38.5 Å². The molecule has 0 radical (unpaired) electrons. The van der Waals surface area contributed by atoms with E-state index in [1.165, 1.54) is 4.90 Å². The first-order valence-corrected chi connectivity index (χ1v) is 17.9. The molecular formula is C36H39ClF2N2O4S2. The van der Waals surface area contributed by atoms with Crippen molar-refractivity contribution in [1.29, 1.82) is 0 Å². The number of hydrogen-bond donors (Lipinski definition) is 1. The van der Waals surface area contributed by atoms with E-state index in [0.717, 1.165) is 57.9 Å². The molecule has 1 saturated carbocycles. The maximum absolute atomic E-state index is 14.8. The molecule has 1 aliphatic carbocycles. The highest BCUT2D eigenvalue weighted by atomic mass is 35.5. The molecule has 1 N–H and O–H groups in total. The van der Waals surface area contributed by atoms with Crippen LogP contribution < -0.4 is 4.74 Å². The van der Waals surface area contributed by atoms with Gasteiger partial charge in [0.15, 0.2) is 0 Å². The van der Waals surface area contributed by atoms with Crippen LogP contribution in [0.25, 0.3) is 21.2 Å². The van der Waals surface area contributed by atoms with Gasteiger partial charge in [-0.1, -0.05) is 29.8 Å². The van der Waals surface area contributed by atoms with Gasteiger partial charge >= 0.3 is 6.09 Å². The van der Waals surface area contributed by atoms with E-state index in [2.05, 4.69) is 6.07 Å². The molecule has 250 valence electrons. The molecule has 1 heterocycles. The van der Waals surface area contributed by atoms with Crippen molar-refractivity contribution in [2.24, 2.45) is 5.92 Å². The van der Waals surface area contributed by atoms with Crippen molar-refractivity contribution in [2.45, 2.75) is 69.5 Å². The zero-order valence-corrected chi connectivity index (χ0v) is 29.5. The highest BCUT2D eigenvalue weighted by molar-refractivity contribution is 7.98. The van der Waals surface area contributed by atoms with Crippen molar-refractivity contribution in [3.8, 4) is 16.9 Å². The van der Waals surface area contributed by atoms with Crippen molar-refractivity contribution < 1.29 is 28.2 Å². The second-order valence-electron chi connectivity index (χ2n) is 12.9. The predicted octanol–water partition coefficient (Wildman–Crippen LogP) is 10.2. The molecule has 0 bridgehead atoms. The Hall–Kier alpha value is -3.34. The van der Waals surface area contributed by atoms with E-state index in [0.29, 0.717) is 25.1 Å². The first-order valence-electron chi connectivity index (χ1n) is 15.5. The maximum atomic E-state index is 14.8. The third-order valence-electron chi connectivity index (χ3n) is 8.90. The summed E-state index contributed by atoms with van der Waals surface area (Å²) in [6.45, 7) is 6.24. The van der Waals surface area contributed by atoms with Crippen LogP contribution in [0.1, 0.15) is 61.7 Å². The molecule has 11 heteroatoms. The van der Waals surface area contributed by atoms with Gasteiger partial charge in [-0.3, -0.25) is 4.79 Å². The number of carbonyl (C=O) groups excluding carboxylic acids is 1. The second kappa shape index (κ2) is 14.4. The molecule has 6 nitrogen and oxygen atoms in total. The predicted molar refractivity (Wildman–Crippen MR) is 187 cm³/mol. The summed E-state index contributed by atoms with van der Waals surface area (Å²) >= 11 is 9.14. The normalized spacial score (nSPS) is 16.7. The number of benzene rings is 3. The lowest BCUT2D eigenvalue weighted by atomic mass is 9.84. The van der Waals surface area contributed by atoms with E-state index in [9.17, 15) is 23.5 Å². The van der Waals surface area contributed by atoms with E-state index in [1.807, 2.05) is 63.4 Å². The smallest absolute Gasteiger partial charge is 0.407 e. The van der Waals surface area contributed by atoms with Crippen LogP contribution in [0.15, 0.2) is 59.5 Å². The van der Waals surface area contributed by atoms with Crippen LogP contribution in [0.4, 0.5) is 13.6 Å². The molecule has 2 amide bonds. The highest BCUT2D eigenvalue weighted by Crippen LogP contribution is 2.41. The molecule has 0 unspecified atom stereocenters. The SMILES string of the molecule is COc1ccc(-c2cccc(SC)c2)cc1CN(C(=O)c1sc2c(F)ccc(F)c2c1Cl)C1CCC(CN(C(=O)O)C(C)(C)C)CC1. The summed E-state index contributed by atoms with van der Waals surface area (Å²) in [5.74, 6) is -0.975. The topological polar surface area (TPSA) is 70.1 Å². The average molecular weight is 701 g/mol. The van der Waals surface area contributed by atoms with Gasteiger partial charge in [-0.2, -0.15) is 0 Å². The summed E-state index contributed by atoms with van der Waals surface area (Å²) in [5.41, 5.74) is 2.24. The zero-order chi connectivity index (χ0) is 34.0. The Morgan fingerprint density at radius 3 is 2.32 bits per heavy atom. The summed E-state index contributed by atoms with van der Waals surface area (Å²) in [6.07, 6.45) is 3.78. The number of fused-ring (bicyclic) bond motifs is 1. The molecule has 1 fully saturated rings. The number of carbonyl (C=O) groups is 2. The molecule has 0 saturated heterocycles. The average Bonchev–Trinajstić information content (AvgIpc) is 3.41. The van der Waals surface area contributed by atoms with Gasteiger partial charge in [0, 0.05) is 35.1 Å². The fraction of sp³-hybridized carbons (Fsp3) is 0.389. The van der Waals surface area contributed by atoms with Gasteiger partial charge in [0.25, 0.3) is 5.91 Å². The van der Waals surface area contributed by atoms with Crippen molar-refractivity contribution in [3.05, 3.63) is 81.7 Å². The Balaban J connectivity index is 1.50. The zero-order valence-electron chi connectivity index (χ0n) is 27.1. The third kappa shape index (κ3) is 7.55. The highest BCUT2D eigenvalue weighted by Gasteiger charge is 2.35. The van der Waals surface area contributed by atoms with Gasteiger partial charge in [-0.05, 0) is 106 Å². The molecule has 47 heavy (non-hydrogen) atoms. The Morgan fingerprint density at radius 1 is 1.02 bits per heavy atom. The monoisotopic (exact) mass is 700 g/mol. The molecular weight excluding hydrogens is 662 g/mol. The summed E-state index contributed by atoms with van der Waals surface area (Å²) in [6, 6.07) is 15.9. The standard InChI is InChI=1S/C36H39ClF2N2O4S2/c1-36(2,3)41(35(43)44)19-21-9-12-25(13-10-21)40(34(42)33-31(37)30-27(38)14-15-28(39)32(30)47-33)20-24-17-23(11-16-29(24)45-4)22-7-6-8-26(18-22)46-5/h6-8,11,14-18,21,25H,9-10,12-13,19-20H2,1-5H3,(H,43,44).